The van der Waals surface area contributed by atoms with Gasteiger partial charge in [-0.25, -0.2) is 8.42 Å². The summed E-state index contributed by atoms with van der Waals surface area (Å²) >= 11 is 6.18. The molecule has 0 bridgehead atoms. The van der Waals surface area contributed by atoms with Crippen LogP contribution in [0.1, 0.15) is 29.8 Å². The monoisotopic (exact) mass is 529 g/mol. The highest BCUT2D eigenvalue weighted by atomic mass is 35.5. The Labute approximate surface area is 216 Å². The number of hydrogen-bond donors (Lipinski definition) is 2. The molecule has 0 aliphatic carbocycles. The number of nitrogens with zero attached hydrogens (tertiary/aromatic N) is 1. The zero-order valence-electron chi connectivity index (χ0n) is 20.4. The molecule has 0 spiro atoms. The number of sulfonamides is 1. The highest BCUT2D eigenvalue weighted by Crippen LogP contribution is 2.35. The molecule has 3 rings (SSSR count). The van der Waals surface area contributed by atoms with Gasteiger partial charge >= 0.3 is 0 Å². The lowest BCUT2D eigenvalue weighted by molar-refractivity contribution is -0.114. The van der Waals surface area contributed by atoms with Crippen LogP contribution in [-0.2, 0) is 14.8 Å². The Hall–Kier alpha value is -3.56. The van der Waals surface area contributed by atoms with E-state index in [1.54, 1.807) is 42.5 Å². The summed E-state index contributed by atoms with van der Waals surface area (Å²) in [5, 5.41) is 5.72. The highest BCUT2D eigenvalue weighted by Gasteiger charge is 2.30. The molecule has 2 amide bonds. The van der Waals surface area contributed by atoms with Crippen molar-refractivity contribution in [3.8, 4) is 5.75 Å². The maximum atomic E-state index is 13.7. The number of carbonyl (C=O) groups excluding carboxylic acids is 2. The number of methoxy groups -OCH3 is 1. The van der Waals surface area contributed by atoms with E-state index in [4.69, 9.17) is 16.3 Å². The summed E-state index contributed by atoms with van der Waals surface area (Å²) in [5.41, 5.74) is 1.50. The van der Waals surface area contributed by atoms with Gasteiger partial charge in [0.25, 0.3) is 15.9 Å². The Morgan fingerprint density at radius 2 is 1.69 bits per heavy atom. The van der Waals surface area contributed by atoms with Crippen LogP contribution < -0.4 is 19.7 Å². The molecule has 0 heterocycles. The van der Waals surface area contributed by atoms with Crippen LogP contribution in [0, 0.1) is 6.92 Å². The molecule has 0 saturated heterocycles. The van der Waals surface area contributed by atoms with Crippen molar-refractivity contribution in [2.45, 2.75) is 31.7 Å². The first-order chi connectivity index (χ1) is 17.0. The predicted octanol–water partition coefficient (Wildman–Crippen LogP) is 4.63. The number of rotatable bonds is 9. The number of halogens is 1. The number of hydrogen-bond acceptors (Lipinski definition) is 5. The van der Waals surface area contributed by atoms with E-state index in [0.717, 1.165) is 9.87 Å². The topological polar surface area (TPSA) is 105 Å². The first-order valence-corrected chi connectivity index (χ1v) is 13.0. The first-order valence-electron chi connectivity index (χ1n) is 11.2. The summed E-state index contributed by atoms with van der Waals surface area (Å²) < 4.78 is 33.7. The van der Waals surface area contributed by atoms with Crippen molar-refractivity contribution >= 4 is 44.8 Å². The van der Waals surface area contributed by atoms with Gasteiger partial charge in [-0.15, -0.1) is 0 Å². The highest BCUT2D eigenvalue weighted by molar-refractivity contribution is 7.92. The van der Waals surface area contributed by atoms with E-state index in [-0.39, 0.29) is 44.6 Å². The Morgan fingerprint density at radius 3 is 2.33 bits per heavy atom. The number of carbonyl (C=O) groups is 2. The van der Waals surface area contributed by atoms with E-state index in [1.165, 1.54) is 31.4 Å². The molecule has 0 unspecified atom stereocenters. The van der Waals surface area contributed by atoms with Crippen LogP contribution in [-0.4, -0.2) is 39.9 Å². The normalized spacial score (nSPS) is 11.2. The van der Waals surface area contributed by atoms with E-state index in [2.05, 4.69) is 10.6 Å². The van der Waals surface area contributed by atoms with Crippen LogP contribution in [0.5, 0.6) is 5.75 Å². The molecule has 190 valence electrons. The summed E-state index contributed by atoms with van der Waals surface area (Å²) in [5.74, 6) is -0.793. The zero-order valence-corrected chi connectivity index (χ0v) is 22.0. The predicted molar refractivity (Wildman–Crippen MR) is 141 cm³/mol. The average molecular weight is 530 g/mol. The minimum absolute atomic E-state index is 0.000333. The molecular formula is C26H28ClN3O5S. The lowest BCUT2D eigenvalue weighted by Crippen LogP contribution is -2.39. The van der Waals surface area contributed by atoms with Crippen molar-refractivity contribution in [3.05, 3.63) is 82.9 Å². The molecule has 3 aromatic rings. The fourth-order valence-corrected chi connectivity index (χ4v) is 5.04. The third-order valence-corrected chi connectivity index (χ3v) is 7.18. The van der Waals surface area contributed by atoms with Gasteiger partial charge < -0.3 is 15.4 Å². The van der Waals surface area contributed by atoms with Crippen molar-refractivity contribution in [2.24, 2.45) is 0 Å². The van der Waals surface area contributed by atoms with E-state index in [9.17, 15) is 18.0 Å². The maximum Gasteiger partial charge on any atom is 0.264 e. The van der Waals surface area contributed by atoms with Crippen molar-refractivity contribution < 1.29 is 22.7 Å². The van der Waals surface area contributed by atoms with Crippen LogP contribution in [0.15, 0.2) is 71.6 Å². The molecule has 0 saturated carbocycles. The van der Waals surface area contributed by atoms with Gasteiger partial charge in [0.2, 0.25) is 5.91 Å². The fraction of sp³-hybridized carbons (Fsp3) is 0.231. The SMILES string of the molecule is COc1ccc(Cl)cc1N(CC(=O)Nc1ccccc1C(=O)NC(C)C)S(=O)(=O)c1ccc(C)cc1. The molecule has 36 heavy (non-hydrogen) atoms. The van der Waals surface area contributed by atoms with Crippen LogP contribution >= 0.6 is 11.6 Å². The van der Waals surface area contributed by atoms with Crippen LogP contribution in [0.25, 0.3) is 0 Å². The van der Waals surface area contributed by atoms with Crippen LogP contribution in [0.2, 0.25) is 5.02 Å². The van der Waals surface area contributed by atoms with Crippen molar-refractivity contribution in [1.29, 1.82) is 0 Å². The third-order valence-electron chi connectivity index (χ3n) is 5.17. The lowest BCUT2D eigenvalue weighted by atomic mass is 10.1. The van der Waals surface area contributed by atoms with Crippen LogP contribution in [0.3, 0.4) is 0 Å². The Balaban J connectivity index is 2.01. The molecule has 3 aromatic carbocycles. The summed E-state index contributed by atoms with van der Waals surface area (Å²) in [6, 6.07) is 17.2. The zero-order chi connectivity index (χ0) is 26.5. The maximum absolute atomic E-state index is 13.7. The molecule has 0 aliphatic rings. The number of ether oxygens (including phenoxy) is 1. The average Bonchev–Trinajstić information content (AvgIpc) is 2.82. The van der Waals surface area contributed by atoms with Crippen molar-refractivity contribution in [1.82, 2.24) is 5.32 Å². The summed E-state index contributed by atoms with van der Waals surface area (Å²) in [7, 11) is -2.80. The quantitative estimate of drug-likeness (QED) is 0.420. The van der Waals surface area contributed by atoms with Gasteiger partial charge in [-0.1, -0.05) is 41.4 Å². The van der Waals surface area contributed by atoms with Crippen molar-refractivity contribution in [3.63, 3.8) is 0 Å². The summed E-state index contributed by atoms with van der Waals surface area (Å²) in [4.78, 5) is 25.8. The molecular weight excluding hydrogens is 502 g/mol. The second kappa shape index (κ2) is 11.5. The molecule has 2 N–H and O–H groups in total. The number of para-hydroxylation sites is 1. The van der Waals surface area contributed by atoms with Gasteiger partial charge in [0.15, 0.2) is 0 Å². The first kappa shape index (κ1) is 27.0. The summed E-state index contributed by atoms with van der Waals surface area (Å²) in [6.07, 6.45) is 0. The van der Waals surface area contributed by atoms with Crippen LogP contribution in [0.4, 0.5) is 11.4 Å². The second-order valence-corrected chi connectivity index (χ2v) is 10.7. The Kier molecular flexibility index (Phi) is 8.60. The standard InChI is InChI=1S/C26H28ClN3O5S/c1-17(2)28-26(32)21-7-5-6-8-22(21)29-25(31)16-30(23-15-19(27)11-14-24(23)35-4)36(33,34)20-12-9-18(3)10-13-20/h5-15,17H,16H2,1-4H3,(H,28,32)(H,29,31). The molecule has 0 atom stereocenters. The van der Waals surface area contributed by atoms with Gasteiger partial charge in [-0.2, -0.15) is 0 Å². The minimum Gasteiger partial charge on any atom is -0.495 e. The molecule has 10 heteroatoms. The van der Waals surface area contributed by atoms with Gasteiger partial charge in [0.1, 0.15) is 12.3 Å². The minimum atomic E-state index is -4.20. The number of benzene rings is 3. The van der Waals surface area contributed by atoms with Crippen molar-refractivity contribution in [2.75, 3.05) is 23.3 Å². The van der Waals surface area contributed by atoms with Gasteiger partial charge in [0, 0.05) is 11.1 Å². The molecule has 0 aromatic heterocycles. The van der Waals surface area contributed by atoms with E-state index in [1.807, 2.05) is 20.8 Å². The molecule has 0 fully saturated rings. The Morgan fingerprint density at radius 1 is 1.03 bits per heavy atom. The number of anilines is 2. The molecule has 8 nitrogen and oxygen atoms in total. The fourth-order valence-electron chi connectivity index (χ4n) is 3.45. The van der Waals surface area contributed by atoms with E-state index in [0.29, 0.717) is 0 Å². The van der Waals surface area contributed by atoms with Gasteiger partial charge in [-0.05, 0) is 63.2 Å². The number of amides is 2. The number of nitrogens with one attached hydrogen (secondary N) is 2. The van der Waals surface area contributed by atoms with Gasteiger partial charge in [0.05, 0.1) is 28.9 Å². The smallest absolute Gasteiger partial charge is 0.264 e. The van der Waals surface area contributed by atoms with E-state index >= 15 is 0 Å². The largest absolute Gasteiger partial charge is 0.495 e. The molecule has 0 aliphatic heterocycles. The third kappa shape index (κ3) is 6.35. The second-order valence-electron chi connectivity index (χ2n) is 8.36. The van der Waals surface area contributed by atoms with Gasteiger partial charge in [-0.3, -0.25) is 13.9 Å². The van der Waals surface area contributed by atoms with E-state index < -0.39 is 22.5 Å². The number of aryl methyl sites for hydroxylation is 1. The molecule has 0 radical (unpaired) electrons. The summed E-state index contributed by atoms with van der Waals surface area (Å²) in [6.45, 7) is 4.90. The Bertz CT molecular complexity index is 1360. The lowest BCUT2D eigenvalue weighted by Gasteiger charge is -2.26.